The van der Waals surface area contributed by atoms with Crippen LogP contribution in [0.2, 0.25) is 0 Å². The van der Waals surface area contributed by atoms with Crippen molar-refractivity contribution in [2.24, 2.45) is 0 Å². The van der Waals surface area contributed by atoms with Crippen LogP contribution in [0.5, 0.6) is 0 Å². The van der Waals surface area contributed by atoms with Crippen LogP contribution in [0.3, 0.4) is 0 Å². The molecule has 0 aliphatic heterocycles. The fourth-order valence-electron chi connectivity index (χ4n) is 2.48. The molecule has 1 aromatic heterocycles. The van der Waals surface area contributed by atoms with Crippen LogP contribution in [-0.4, -0.2) is 18.3 Å². The molecule has 0 saturated carbocycles. The summed E-state index contributed by atoms with van der Waals surface area (Å²) in [5, 5.41) is 2.58. The van der Waals surface area contributed by atoms with E-state index in [1.54, 1.807) is 7.11 Å². The maximum absolute atomic E-state index is 5.22. The molecule has 0 N–H and O–H groups in total. The van der Waals surface area contributed by atoms with E-state index in [4.69, 9.17) is 4.74 Å². The molecule has 3 heteroatoms. The first kappa shape index (κ1) is 11.8. The monoisotopic (exact) mass is 303 g/mol. The van der Waals surface area contributed by atoms with Crippen LogP contribution >= 0.6 is 15.9 Å². The number of hydrogen-bond acceptors (Lipinski definition) is 1. The summed E-state index contributed by atoms with van der Waals surface area (Å²) in [6.07, 6.45) is 0. The first-order chi connectivity index (χ1) is 8.83. The number of rotatable bonds is 3. The molecule has 3 aromatic rings. The molecule has 1 heterocycles. The van der Waals surface area contributed by atoms with Crippen molar-refractivity contribution in [3.05, 3.63) is 46.9 Å². The highest BCUT2D eigenvalue weighted by Gasteiger charge is 2.11. The Labute approximate surface area is 114 Å². The lowest BCUT2D eigenvalue weighted by atomic mass is 10.2. The van der Waals surface area contributed by atoms with Crippen molar-refractivity contribution in [3.8, 4) is 0 Å². The van der Waals surface area contributed by atoms with Crippen LogP contribution in [-0.2, 0) is 11.3 Å². The maximum atomic E-state index is 5.22. The predicted molar refractivity (Wildman–Crippen MR) is 79.0 cm³/mol. The van der Waals surface area contributed by atoms with Gasteiger partial charge in [0.25, 0.3) is 0 Å². The van der Waals surface area contributed by atoms with E-state index in [1.165, 1.54) is 21.8 Å². The number of fused-ring (bicyclic) bond motifs is 3. The van der Waals surface area contributed by atoms with Gasteiger partial charge in [-0.2, -0.15) is 0 Å². The third kappa shape index (κ3) is 1.74. The zero-order valence-electron chi connectivity index (χ0n) is 10.2. The summed E-state index contributed by atoms with van der Waals surface area (Å²) < 4.78 is 8.67. The summed E-state index contributed by atoms with van der Waals surface area (Å²) in [5.74, 6) is 0. The van der Waals surface area contributed by atoms with Gasteiger partial charge < -0.3 is 9.30 Å². The minimum atomic E-state index is 0.717. The molecular formula is C15H14BrNO. The summed E-state index contributed by atoms with van der Waals surface area (Å²) in [6, 6.07) is 14.8. The molecule has 0 radical (unpaired) electrons. The minimum absolute atomic E-state index is 0.717. The normalized spacial score (nSPS) is 11.4. The average Bonchev–Trinajstić information content (AvgIpc) is 2.72. The van der Waals surface area contributed by atoms with Gasteiger partial charge in [0.05, 0.1) is 12.1 Å². The zero-order chi connectivity index (χ0) is 12.5. The van der Waals surface area contributed by atoms with Gasteiger partial charge in [-0.1, -0.05) is 30.3 Å². The van der Waals surface area contributed by atoms with Gasteiger partial charge >= 0.3 is 0 Å². The van der Waals surface area contributed by atoms with Crippen molar-refractivity contribution in [1.29, 1.82) is 0 Å². The van der Waals surface area contributed by atoms with E-state index in [1.807, 2.05) is 0 Å². The highest BCUT2D eigenvalue weighted by atomic mass is 79.9. The largest absolute Gasteiger partial charge is 0.383 e. The van der Waals surface area contributed by atoms with Gasteiger partial charge in [-0.15, -0.1) is 0 Å². The molecule has 2 nitrogen and oxygen atoms in total. The van der Waals surface area contributed by atoms with Crippen molar-refractivity contribution < 1.29 is 4.74 Å². The Hall–Kier alpha value is -1.32. The molecule has 0 amide bonds. The van der Waals surface area contributed by atoms with Crippen LogP contribution < -0.4 is 0 Å². The molecular weight excluding hydrogens is 290 g/mol. The highest BCUT2D eigenvalue weighted by molar-refractivity contribution is 9.10. The van der Waals surface area contributed by atoms with Crippen LogP contribution in [0.1, 0.15) is 0 Å². The number of aromatic nitrogens is 1. The molecule has 92 valence electrons. The second kappa shape index (κ2) is 4.75. The molecule has 0 saturated heterocycles. The second-order valence-corrected chi connectivity index (χ2v) is 5.15. The predicted octanol–water partition coefficient (Wildman–Crippen LogP) is 4.20. The number of para-hydroxylation sites is 2. The number of hydrogen-bond donors (Lipinski definition) is 0. The Kier molecular flexibility index (Phi) is 3.10. The van der Waals surface area contributed by atoms with E-state index in [9.17, 15) is 0 Å². The zero-order valence-corrected chi connectivity index (χ0v) is 11.8. The number of methoxy groups -OCH3 is 1. The first-order valence-electron chi connectivity index (χ1n) is 5.97. The van der Waals surface area contributed by atoms with Gasteiger partial charge in [0.2, 0.25) is 0 Å². The van der Waals surface area contributed by atoms with E-state index in [0.29, 0.717) is 0 Å². The van der Waals surface area contributed by atoms with E-state index in [2.05, 4.69) is 63.0 Å². The third-order valence-corrected chi connectivity index (χ3v) is 3.90. The molecule has 2 aromatic carbocycles. The van der Waals surface area contributed by atoms with Gasteiger partial charge in [0, 0.05) is 34.4 Å². The third-order valence-electron chi connectivity index (χ3n) is 3.26. The molecule has 0 unspecified atom stereocenters. The van der Waals surface area contributed by atoms with E-state index in [-0.39, 0.29) is 0 Å². The number of ether oxygens (including phenoxy) is 1. The van der Waals surface area contributed by atoms with E-state index >= 15 is 0 Å². The first-order valence-corrected chi connectivity index (χ1v) is 6.76. The lowest BCUT2D eigenvalue weighted by molar-refractivity contribution is 0.189. The number of nitrogens with zero attached hydrogens (tertiary/aromatic N) is 1. The van der Waals surface area contributed by atoms with Crippen LogP contribution in [0.4, 0.5) is 0 Å². The Balaban J connectivity index is 2.39. The molecule has 0 spiro atoms. The Bertz CT molecular complexity index is 702. The van der Waals surface area contributed by atoms with Crippen LogP contribution in [0, 0.1) is 0 Å². The summed E-state index contributed by atoms with van der Waals surface area (Å²) in [4.78, 5) is 0. The second-order valence-electron chi connectivity index (χ2n) is 4.30. The van der Waals surface area contributed by atoms with Crippen molar-refractivity contribution in [2.75, 3.05) is 13.7 Å². The molecule has 3 rings (SSSR count). The Morgan fingerprint density at radius 2 is 1.83 bits per heavy atom. The lowest BCUT2D eigenvalue weighted by Crippen LogP contribution is -2.03. The maximum Gasteiger partial charge on any atom is 0.0642 e. The van der Waals surface area contributed by atoms with E-state index < -0.39 is 0 Å². The standard InChI is InChI=1S/C15H14BrNO/c1-18-10-9-17-14-8-3-2-5-11(14)12-6-4-7-13(16)15(12)17/h2-8H,9-10H2,1H3. The van der Waals surface area contributed by atoms with Crippen molar-refractivity contribution in [3.63, 3.8) is 0 Å². The van der Waals surface area contributed by atoms with Crippen molar-refractivity contribution in [2.45, 2.75) is 6.54 Å². The lowest BCUT2D eigenvalue weighted by Gasteiger charge is -2.07. The molecule has 0 bridgehead atoms. The summed E-state index contributed by atoms with van der Waals surface area (Å²) in [7, 11) is 1.74. The number of halogens is 1. The van der Waals surface area contributed by atoms with Gasteiger partial charge in [-0.25, -0.2) is 0 Å². The quantitative estimate of drug-likeness (QED) is 0.707. The summed E-state index contributed by atoms with van der Waals surface area (Å²) >= 11 is 3.66. The van der Waals surface area contributed by atoms with Gasteiger partial charge in [-0.05, 0) is 28.1 Å². The van der Waals surface area contributed by atoms with E-state index in [0.717, 1.165) is 17.6 Å². The molecule has 18 heavy (non-hydrogen) atoms. The Morgan fingerprint density at radius 3 is 2.67 bits per heavy atom. The van der Waals surface area contributed by atoms with Crippen LogP contribution in [0.25, 0.3) is 21.8 Å². The SMILES string of the molecule is COCCn1c2ccccc2c2cccc(Br)c21. The van der Waals surface area contributed by atoms with Gasteiger partial charge in [-0.3, -0.25) is 0 Å². The molecule has 0 aliphatic carbocycles. The van der Waals surface area contributed by atoms with Gasteiger partial charge in [0.1, 0.15) is 0 Å². The summed E-state index contributed by atoms with van der Waals surface area (Å²) in [5.41, 5.74) is 2.51. The Morgan fingerprint density at radius 1 is 1.06 bits per heavy atom. The summed E-state index contributed by atoms with van der Waals surface area (Å²) in [6.45, 7) is 1.58. The molecule has 0 aliphatic rings. The minimum Gasteiger partial charge on any atom is -0.383 e. The fourth-order valence-corrected chi connectivity index (χ4v) is 3.06. The smallest absolute Gasteiger partial charge is 0.0642 e. The fraction of sp³-hybridized carbons (Fsp3) is 0.200. The van der Waals surface area contributed by atoms with Crippen LogP contribution in [0.15, 0.2) is 46.9 Å². The molecule has 0 atom stereocenters. The van der Waals surface area contributed by atoms with Gasteiger partial charge in [0.15, 0.2) is 0 Å². The molecule has 0 fully saturated rings. The van der Waals surface area contributed by atoms with Crippen molar-refractivity contribution >= 4 is 37.7 Å². The van der Waals surface area contributed by atoms with Crippen molar-refractivity contribution in [1.82, 2.24) is 4.57 Å². The number of benzene rings is 2. The topological polar surface area (TPSA) is 14.2 Å². The highest BCUT2D eigenvalue weighted by Crippen LogP contribution is 2.33. The average molecular weight is 304 g/mol.